The van der Waals surface area contributed by atoms with Crippen molar-refractivity contribution in [2.45, 2.75) is 38.5 Å². The van der Waals surface area contributed by atoms with Gasteiger partial charge in [0.1, 0.15) is 22.3 Å². The summed E-state index contributed by atoms with van der Waals surface area (Å²) in [6.07, 6.45) is 8.86. The van der Waals surface area contributed by atoms with Gasteiger partial charge in [0.15, 0.2) is 5.84 Å². The van der Waals surface area contributed by atoms with Crippen LogP contribution in [0.5, 0.6) is 5.75 Å². The lowest BCUT2D eigenvalue weighted by molar-refractivity contribution is -0.384. The summed E-state index contributed by atoms with van der Waals surface area (Å²) in [6.45, 7) is 0. The summed E-state index contributed by atoms with van der Waals surface area (Å²) in [5.41, 5.74) is 0.242. The first kappa shape index (κ1) is 23.4. The first-order valence-corrected chi connectivity index (χ1v) is 13.6. The summed E-state index contributed by atoms with van der Waals surface area (Å²) in [5, 5.41) is 28.1. The highest BCUT2D eigenvalue weighted by Crippen LogP contribution is 2.62. The molecule has 0 unspecified atom stereocenters. The van der Waals surface area contributed by atoms with Crippen LogP contribution in [0.1, 0.15) is 44.3 Å². The van der Waals surface area contributed by atoms with Gasteiger partial charge in [-0.1, -0.05) is 0 Å². The monoisotopic (exact) mass is 531 g/mol. The van der Waals surface area contributed by atoms with Gasteiger partial charge in [0.05, 0.1) is 29.2 Å². The van der Waals surface area contributed by atoms with Crippen molar-refractivity contribution < 1.29 is 18.9 Å². The Morgan fingerprint density at radius 3 is 2.55 bits per heavy atom. The van der Waals surface area contributed by atoms with Crippen molar-refractivity contribution in [1.82, 2.24) is 5.01 Å². The number of nitro groups is 1. The van der Waals surface area contributed by atoms with Crippen LogP contribution in [0.15, 0.2) is 50.4 Å². The number of benzene rings is 1. The van der Waals surface area contributed by atoms with Gasteiger partial charge in [0.25, 0.3) is 11.6 Å². The number of hydrogen-bond acceptors (Lipinski definition) is 8. The van der Waals surface area contributed by atoms with Crippen LogP contribution in [0, 0.1) is 38.7 Å². The second-order valence-corrected chi connectivity index (χ2v) is 11.9. The summed E-state index contributed by atoms with van der Waals surface area (Å²) < 4.78 is 11.0. The van der Waals surface area contributed by atoms with Gasteiger partial charge in [0, 0.05) is 5.41 Å². The van der Waals surface area contributed by atoms with Gasteiger partial charge in [-0.3, -0.25) is 20.3 Å². The third kappa shape index (κ3) is 3.63. The van der Waals surface area contributed by atoms with Gasteiger partial charge in [-0.15, -0.1) is 0 Å². The molecule has 11 heteroatoms. The number of aliphatic imine (C=N–C) groups is 1. The molecule has 1 amide bonds. The molecule has 6 aliphatic rings. The Labute approximate surface area is 222 Å². The molecule has 194 valence electrons. The number of thioether (sulfide) groups is 1. The number of amides is 1. The zero-order chi connectivity index (χ0) is 26.2. The Morgan fingerprint density at radius 2 is 1.89 bits per heavy atom. The lowest BCUT2D eigenvalue weighted by Gasteiger charge is -2.56. The molecular formula is C27H25N5O5S. The minimum atomic E-state index is -0.524. The van der Waals surface area contributed by atoms with Crippen molar-refractivity contribution in [3.05, 3.63) is 51.8 Å². The van der Waals surface area contributed by atoms with Gasteiger partial charge >= 0.3 is 0 Å². The van der Waals surface area contributed by atoms with Crippen LogP contribution in [0.25, 0.3) is 17.4 Å². The van der Waals surface area contributed by atoms with Crippen LogP contribution in [0.3, 0.4) is 0 Å². The standard InChI is InChI=1S/C27H25N5O5S/c1-36-17-2-4-19(21(10-17)32(34)35)22-5-3-18(37-22)9-20-23(28)31-26(29-24(20)33)38-25(30-31)27-11-14-6-15(12-27)8-16(7-14)13-27/h2-5,9-10,14-16,28H,6-8,11-13H2,1H3/b20-9+,28-23?. The van der Waals surface area contributed by atoms with Crippen LogP contribution in [-0.2, 0) is 4.79 Å². The fourth-order valence-corrected chi connectivity index (χ4v) is 8.40. The van der Waals surface area contributed by atoms with Gasteiger partial charge in [-0.2, -0.15) is 15.1 Å². The van der Waals surface area contributed by atoms with E-state index in [1.54, 1.807) is 24.3 Å². The average Bonchev–Trinajstić information content (AvgIpc) is 3.53. The molecular weight excluding hydrogens is 506 g/mol. The summed E-state index contributed by atoms with van der Waals surface area (Å²) in [6, 6.07) is 7.71. The molecule has 4 bridgehead atoms. The Hall–Kier alpha value is -3.73. The highest BCUT2D eigenvalue weighted by Gasteiger charge is 2.55. The van der Waals surface area contributed by atoms with Crippen LogP contribution < -0.4 is 4.74 Å². The number of nitrogens with one attached hydrogen (secondary N) is 1. The van der Waals surface area contributed by atoms with Crippen LogP contribution in [0.4, 0.5) is 5.69 Å². The van der Waals surface area contributed by atoms with Crippen molar-refractivity contribution >= 4 is 45.5 Å². The maximum Gasteiger partial charge on any atom is 0.284 e. The molecule has 1 aromatic carbocycles. The number of nitro benzene ring substituents is 1. The molecule has 3 heterocycles. The Bertz CT molecular complexity index is 1470. The number of ether oxygens (including phenoxy) is 1. The average molecular weight is 532 g/mol. The number of carbonyl (C=O) groups excluding carboxylic acids is 1. The number of carbonyl (C=O) groups is 1. The largest absolute Gasteiger partial charge is 0.497 e. The number of rotatable bonds is 5. The molecule has 0 saturated heterocycles. The number of furan rings is 1. The van der Waals surface area contributed by atoms with Crippen molar-refractivity contribution in [2.75, 3.05) is 7.11 Å². The second kappa shape index (κ2) is 8.39. The van der Waals surface area contributed by atoms with E-state index in [2.05, 4.69) is 4.99 Å². The number of hydrogen-bond donors (Lipinski definition) is 1. The normalized spacial score (nSPS) is 30.5. The number of nitrogens with zero attached hydrogens (tertiary/aromatic N) is 4. The quantitative estimate of drug-likeness (QED) is 0.297. The molecule has 4 saturated carbocycles. The molecule has 4 aliphatic carbocycles. The number of hydrazone groups is 1. The van der Waals surface area contributed by atoms with Crippen molar-refractivity contribution in [1.29, 1.82) is 5.41 Å². The first-order valence-electron chi connectivity index (χ1n) is 12.8. The predicted octanol–water partition coefficient (Wildman–Crippen LogP) is 5.70. The molecule has 8 rings (SSSR count). The lowest BCUT2D eigenvalue weighted by atomic mass is 9.50. The fourth-order valence-electron chi connectivity index (χ4n) is 7.29. The molecule has 0 atom stereocenters. The second-order valence-electron chi connectivity index (χ2n) is 11.0. The number of amidine groups is 2. The Balaban J connectivity index is 1.18. The van der Waals surface area contributed by atoms with Gasteiger partial charge in [-0.05, 0) is 98.4 Å². The minimum absolute atomic E-state index is 0.0411. The van der Waals surface area contributed by atoms with E-state index in [-0.39, 0.29) is 39.6 Å². The smallest absolute Gasteiger partial charge is 0.284 e. The van der Waals surface area contributed by atoms with Crippen molar-refractivity contribution in [3.63, 3.8) is 0 Å². The Kier molecular flexibility index (Phi) is 5.16. The van der Waals surface area contributed by atoms with Gasteiger partial charge in [0.2, 0.25) is 5.17 Å². The van der Waals surface area contributed by atoms with Crippen LogP contribution in [0.2, 0.25) is 0 Å². The molecule has 2 aromatic rings. The summed E-state index contributed by atoms with van der Waals surface area (Å²) in [4.78, 5) is 28.3. The van der Waals surface area contributed by atoms with Crippen molar-refractivity contribution in [3.8, 4) is 17.1 Å². The SMILES string of the molecule is COc1ccc(-c2ccc(/C=C3\C(=N)N4N=C(C56CC7CC(CC(C7)C5)C6)SC4=NC3=O)o2)c([N+](=O)[O-])c1. The third-order valence-electron chi connectivity index (χ3n) is 8.53. The van der Waals surface area contributed by atoms with E-state index in [9.17, 15) is 14.9 Å². The number of fused-ring (bicyclic) bond motifs is 1. The molecule has 1 N–H and O–H groups in total. The molecule has 1 aromatic heterocycles. The van der Waals surface area contributed by atoms with E-state index in [0.29, 0.717) is 10.9 Å². The zero-order valence-corrected chi connectivity index (χ0v) is 21.5. The van der Waals surface area contributed by atoms with E-state index in [0.717, 1.165) is 42.1 Å². The lowest BCUT2D eigenvalue weighted by Crippen LogP contribution is -2.49. The number of methoxy groups -OCH3 is 1. The highest BCUT2D eigenvalue weighted by molar-refractivity contribution is 8.27. The topological polar surface area (TPSA) is 134 Å². The van der Waals surface area contributed by atoms with E-state index >= 15 is 0 Å². The fraction of sp³-hybridized carbons (Fsp3) is 0.407. The first-order chi connectivity index (χ1) is 18.3. The van der Waals surface area contributed by atoms with E-state index in [1.807, 2.05) is 0 Å². The summed E-state index contributed by atoms with van der Waals surface area (Å²) in [7, 11) is 1.44. The van der Waals surface area contributed by atoms with Gasteiger partial charge < -0.3 is 9.15 Å². The molecule has 0 spiro atoms. The Morgan fingerprint density at radius 1 is 1.18 bits per heavy atom. The molecule has 2 aliphatic heterocycles. The van der Waals surface area contributed by atoms with E-state index in [1.165, 1.54) is 55.3 Å². The molecule has 38 heavy (non-hydrogen) atoms. The van der Waals surface area contributed by atoms with Gasteiger partial charge in [-0.25, -0.2) is 0 Å². The highest BCUT2D eigenvalue weighted by atomic mass is 32.2. The van der Waals surface area contributed by atoms with Crippen LogP contribution in [-0.4, -0.2) is 39.0 Å². The molecule has 0 radical (unpaired) electrons. The zero-order valence-electron chi connectivity index (χ0n) is 20.7. The maximum atomic E-state index is 13.0. The van der Waals surface area contributed by atoms with Crippen molar-refractivity contribution in [2.24, 2.45) is 33.3 Å². The summed E-state index contributed by atoms with van der Waals surface area (Å²) >= 11 is 1.45. The third-order valence-corrected chi connectivity index (χ3v) is 9.68. The predicted molar refractivity (Wildman–Crippen MR) is 143 cm³/mol. The van der Waals surface area contributed by atoms with Crippen LogP contribution >= 0.6 is 11.8 Å². The molecule has 4 fully saturated rings. The summed E-state index contributed by atoms with van der Waals surface area (Å²) in [5.74, 6) is 2.63. The van der Waals surface area contributed by atoms with E-state index < -0.39 is 10.8 Å². The molecule has 10 nitrogen and oxygen atoms in total. The van der Waals surface area contributed by atoms with E-state index in [4.69, 9.17) is 19.7 Å². The maximum absolute atomic E-state index is 13.0. The minimum Gasteiger partial charge on any atom is -0.497 e.